The predicted octanol–water partition coefficient (Wildman–Crippen LogP) is 23.7. The van der Waals surface area contributed by atoms with E-state index in [1.54, 1.807) is 0 Å². The van der Waals surface area contributed by atoms with Gasteiger partial charge in [-0.15, -0.1) is 0 Å². The molecule has 0 N–H and O–H groups in total. The molecule has 8 heteroatoms. The van der Waals surface area contributed by atoms with E-state index in [0.29, 0.717) is 51.7 Å². The third-order valence-electron chi connectivity index (χ3n) is 19.0. The summed E-state index contributed by atoms with van der Waals surface area (Å²) in [4.78, 5) is 32.7. The molecule has 0 spiro atoms. The van der Waals surface area contributed by atoms with Crippen LogP contribution < -0.4 is 0 Å². The minimum absolute atomic E-state index is 0.482. The maximum Gasteiger partial charge on any atom is 0.167 e. The van der Waals surface area contributed by atoms with Crippen LogP contribution in [0.3, 0.4) is 0 Å². The number of fused-ring (bicyclic) bond motifs is 9. The Morgan fingerprint density at radius 1 is 0.184 bits per heavy atom. The van der Waals surface area contributed by atoms with E-state index in [-0.39, 0.29) is 0 Å². The lowest BCUT2D eigenvalue weighted by molar-refractivity contribution is 0.669. The fourth-order valence-electron chi connectivity index (χ4n) is 14.2. The first-order valence-electron chi connectivity index (χ1n) is 32.9. The van der Waals surface area contributed by atoms with Crippen molar-refractivity contribution in [2.45, 2.75) is 0 Å². The van der Waals surface area contributed by atoms with Crippen molar-refractivity contribution in [2.75, 3.05) is 0 Å². The Morgan fingerprint density at radius 3 is 1.42 bits per heavy atom. The summed E-state index contributed by atoms with van der Waals surface area (Å²) in [5.74, 6) is 3.10. The van der Waals surface area contributed by atoms with Crippen molar-refractivity contribution in [3.63, 3.8) is 0 Å². The van der Waals surface area contributed by atoms with Crippen LogP contribution in [0.2, 0.25) is 0 Å². The Kier molecular flexibility index (Phi) is 13.4. The molecule has 0 amide bonds. The van der Waals surface area contributed by atoms with Gasteiger partial charge in [0.1, 0.15) is 22.3 Å². The highest BCUT2D eigenvalue weighted by molar-refractivity contribution is 6.16. The van der Waals surface area contributed by atoms with Gasteiger partial charge in [0.25, 0.3) is 0 Å². The molecule has 8 nitrogen and oxygen atoms in total. The van der Waals surface area contributed by atoms with Gasteiger partial charge in [-0.3, -0.25) is 0 Å². The van der Waals surface area contributed by atoms with Crippen molar-refractivity contribution in [3.8, 4) is 124 Å². The Hall–Kier alpha value is -13.3. The normalized spacial score (nSPS) is 11.7. The number of hydrogen-bond donors (Lipinski definition) is 0. The van der Waals surface area contributed by atoms with Crippen molar-refractivity contribution in [1.29, 1.82) is 0 Å². The standard InChI is InChI=1S/C90H54N6O2/c1-3-20-55(21-4-1)63-29-15-30-65(51-63)86-93-89(96-90(95-86)82-71-32-12-10-26-59(71)48-49-73(82)64-47-42-57-24-7-8-27-62(57)50-64)78-39-18-37-76-81-72(35-19-41-80(81)98-84(76)78)67-52-66(56-22-5-2-6-23-56)53-68(54-67)87-91-85(61-45-43-60(44-46-61)70-34-16-28-58-25-9-11-31-69(58)70)92-88(94-87)77-38-17-36-75-74-33-13-14-40-79(74)97-83(75)77/h1-54H. The quantitative estimate of drug-likeness (QED) is 0.126. The minimum Gasteiger partial charge on any atom is -0.455 e. The summed E-state index contributed by atoms with van der Waals surface area (Å²) in [6, 6.07) is 114. The van der Waals surface area contributed by atoms with Gasteiger partial charge < -0.3 is 8.83 Å². The highest BCUT2D eigenvalue weighted by Gasteiger charge is 2.25. The molecule has 0 fully saturated rings. The Morgan fingerprint density at radius 2 is 0.633 bits per heavy atom. The van der Waals surface area contributed by atoms with Gasteiger partial charge in [-0.2, -0.15) is 0 Å². The Labute approximate surface area is 563 Å². The smallest absolute Gasteiger partial charge is 0.167 e. The van der Waals surface area contributed by atoms with Crippen LogP contribution >= 0.6 is 0 Å². The summed E-state index contributed by atoms with van der Waals surface area (Å²) in [6.45, 7) is 0. The van der Waals surface area contributed by atoms with E-state index in [9.17, 15) is 0 Å². The van der Waals surface area contributed by atoms with E-state index in [1.807, 2.05) is 42.5 Å². The van der Waals surface area contributed by atoms with Gasteiger partial charge in [-0.1, -0.05) is 273 Å². The van der Waals surface area contributed by atoms with Gasteiger partial charge >= 0.3 is 0 Å². The zero-order valence-corrected chi connectivity index (χ0v) is 52.7. The fourth-order valence-corrected chi connectivity index (χ4v) is 14.2. The molecule has 19 aromatic rings. The van der Waals surface area contributed by atoms with E-state index in [0.717, 1.165) is 132 Å². The summed E-state index contributed by atoms with van der Waals surface area (Å²) in [7, 11) is 0. The van der Waals surface area contributed by atoms with Crippen LogP contribution in [0.15, 0.2) is 336 Å². The number of hydrogen-bond acceptors (Lipinski definition) is 8. The summed E-state index contributed by atoms with van der Waals surface area (Å²) >= 11 is 0. The molecule has 0 bridgehead atoms. The molecule has 4 aromatic heterocycles. The van der Waals surface area contributed by atoms with Crippen LogP contribution in [0.5, 0.6) is 0 Å². The molecule has 15 aromatic carbocycles. The number of benzene rings is 15. The summed E-state index contributed by atoms with van der Waals surface area (Å²) in [5.41, 5.74) is 18.2. The first-order chi connectivity index (χ1) is 48.5. The van der Waals surface area contributed by atoms with Crippen molar-refractivity contribution in [3.05, 3.63) is 328 Å². The van der Waals surface area contributed by atoms with Gasteiger partial charge in [0.05, 0.1) is 11.1 Å². The molecule has 0 aliphatic heterocycles. The van der Waals surface area contributed by atoms with E-state index in [4.69, 9.17) is 38.7 Å². The van der Waals surface area contributed by atoms with Crippen molar-refractivity contribution in [2.24, 2.45) is 0 Å². The van der Waals surface area contributed by atoms with Gasteiger partial charge in [0, 0.05) is 43.8 Å². The second-order valence-electron chi connectivity index (χ2n) is 24.8. The largest absolute Gasteiger partial charge is 0.455 e. The topological polar surface area (TPSA) is 104 Å². The van der Waals surface area contributed by atoms with Crippen molar-refractivity contribution < 1.29 is 8.83 Å². The van der Waals surface area contributed by atoms with Crippen LogP contribution in [0.4, 0.5) is 0 Å². The molecule has 0 saturated carbocycles. The predicted molar refractivity (Wildman–Crippen MR) is 400 cm³/mol. The number of aromatic nitrogens is 6. The maximum absolute atomic E-state index is 7.20. The lowest BCUT2D eigenvalue weighted by Gasteiger charge is -2.15. The average molecular weight is 1250 g/mol. The number of furan rings is 2. The van der Waals surface area contributed by atoms with Crippen LogP contribution in [0.1, 0.15) is 0 Å². The third-order valence-corrected chi connectivity index (χ3v) is 19.0. The molecule has 0 radical (unpaired) electrons. The molecule has 98 heavy (non-hydrogen) atoms. The second-order valence-corrected chi connectivity index (χ2v) is 24.8. The SMILES string of the molecule is c1ccc(-c2cccc(-c3nc(-c4c(-c5ccc6ccccc6c5)ccc5ccccc45)nc(-c4cccc5c4oc4cccc(-c6cc(-c7ccccc7)cc(-c7nc(-c8ccc(-c9cccc%10ccccc9%10)cc8)nc(-c8cccc9c8oc8ccccc89)n7)c6)c45)n3)c2)cc1. The summed E-state index contributed by atoms with van der Waals surface area (Å²) in [6.07, 6.45) is 0. The third kappa shape index (κ3) is 9.85. The number of para-hydroxylation sites is 3. The maximum atomic E-state index is 7.20. The van der Waals surface area contributed by atoms with Crippen molar-refractivity contribution >= 4 is 76.2 Å². The Bertz CT molecular complexity index is 6370. The second kappa shape index (κ2) is 23.3. The van der Waals surface area contributed by atoms with Crippen LogP contribution in [0, 0.1) is 0 Å². The molecular formula is C90H54N6O2. The van der Waals surface area contributed by atoms with E-state index < -0.39 is 0 Å². The van der Waals surface area contributed by atoms with E-state index >= 15 is 0 Å². The van der Waals surface area contributed by atoms with Gasteiger partial charge in [-0.05, 0) is 143 Å². The summed E-state index contributed by atoms with van der Waals surface area (Å²) < 4.78 is 13.9. The van der Waals surface area contributed by atoms with Crippen molar-refractivity contribution in [1.82, 2.24) is 29.9 Å². The van der Waals surface area contributed by atoms with E-state index in [2.05, 4.69) is 285 Å². The molecule has 0 unspecified atom stereocenters. The molecule has 4 heterocycles. The minimum atomic E-state index is 0.482. The first-order valence-corrected chi connectivity index (χ1v) is 32.9. The molecule has 19 rings (SSSR count). The highest BCUT2D eigenvalue weighted by Crippen LogP contribution is 2.45. The molecule has 0 saturated heterocycles. The monoisotopic (exact) mass is 1250 g/mol. The number of nitrogens with zero attached hydrogens (tertiary/aromatic N) is 6. The van der Waals surface area contributed by atoms with Gasteiger partial charge in [-0.25, -0.2) is 29.9 Å². The zero-order chi connectivity index (χ0) is 64.6. The zero-order valence-electron chi connectivity index (χ0n) is 52.7. The van der Waals surface area contributed by atoms with Gasteiger partial charge in [0.2, 0.25) is 0 Å². The first kappa shape index (κ1) is 56.3. The van der Waals surface area contributed by atoms with Gasteiger partial charge in [0.15, 0.2) is 34.9 Å². The molecule has 0 aliphatic carbocycles. The lowest BCUT2D eigenvalue weighted by atomic mass is 9.92. The molecular weight excluding hydrogens is 1200 g/mol. The molecule has 456 valence electrons. The van der Waals surface area contributed by atoms with E-state index in [1.165, 1.54) is 16.2 Å². The summed E-state index contributed by atoms with van der Waals surface area (Å²) in [5, 5.41) is 10.7. The highest BCUT2D eigenvalue weighted by atomic mass is 16.3. The molecule has 0 atom stereocenters. The fraction of sp³-hybridized carbons (Fsp3) is 0. The van der Waals surface area contributed by atoms with Crippen LogP contribution in [-0.4, -0.2) is 29.9 Å². The Balaban J connectivity index is 0.800. The lowest BCUT2D eigenvalue weighted by Crippen LogP contribution is -2.02. The van der Waals surface area contributed by atoms with Crippen LogP contribution in [0.25, 0.3) is 200 Å². The molecule has 0 aliphatic rings. The average Bonchev–Trinajstić information content (AvgIpc) is 1.53. The van der Waals surface area contributed by atoms with Crippen LogP contribution in [-0.2, 0) is 0 Å². The number of rotatable bonds is 11.